The van der Waals surface area contributed by atoms with Gasteiger partial charge in [-0.15, -0.1) is 12.4 Å². The summed E-state index contributed by atoms with van der Waals surface area (Å²) in [6.45, 7) is 3.88. The van der Waals surface area contributed by atoms with Crippen molar-refractivity contribution in [2.75, 3.05) is 0 Å². The Balaban J connectivity index is 0. The summed E-state index contributed by atoms with van der Waals surface area (Å²) in [6, 6.07) is -0.605. The van der Waals surface area contributed by atoms with Gasteiger partial charge in [-0.1, -0.05) is 13.8 Å². The smallest absolute Gasteiger partial charge is 0.318 e. The van der Waals surface area contributed by atoms with Crippen LogP contribution >= 0.6 is 20.7 Å². The van der Waals surface area contributed by atoms with Crippen LogP contribution in [0.5, 0.6) is 0 Å². The molecule has 3 unspecified atom stereocenters. The van der Waals surface area contributed by atoms with Crippen LogP contribution in [0.3, 0.4) is 0 Å². The van der Waals surface area contributed by atoms with E-state index in [0.717, 1.165) is 0 Å². The number of rotatable bonds is 5. The van der Waals surface area contributed by atoms with Crippen LogP contribution < -0.4 is 5.73 Å². The number of halogens is 1. The van der Waals surface area contributed by atoms with Gasteiger partial charge < -0.3 is 15.7 Å². The first-order valence-electron chi connectivity index (χ1n) is 3.76. The van der Waals surface area contributed by atoms with Crippen LogP contribution in [0.2, 0.25) is 0 Å². The molecule has 0 fully saturated rings. The second-order valence-corrected chi connectivity index (χ2v) is 3.84. The molecule has 0 aliphatic rings. The van der Waals surface area contributed by atoms with Crippen LogP contribution in [0.4, 0.5) is 0 Å². The maximum absolute atomic E-state index is 10.1. The molecule has 0 aromatic carbocycles. The molecule has 0 saturated heterocycles. The van der Waals surface area contributed by atoms with Crippen molar-refractivity contribution >= 4 is 20.7 Å². The Morgan fingerprint density at radius 1 is 1.54 bits per heavy atom. The molecule has 0 amide bonds. The maximum atomic E-state index is 10.1. The van der Waals surface area contributed by atoms with E-state index in [1.807, 2.05) is 13.8 Å². The fourth-order valence-electron chi connectivity index (χ4n) is 0.851. The highest BCUT2D eigenvalue weighted by Gasteiger charge is 2.17. The first kappa shape index (κ1) is 15.8. The second-order valence-electron chi connectivity index (χ2n) is 3.07. The fourth-order valence-corrected chi connectivity index (χ4v) is 1.23. The molecular formula is C6H17ClNO4P. The summed E-state index contributed by atoms with van der Waals surface area (Å²) < 4.78 is 14.4. The standard InChI is InChI=1S/C6H16NO4P.ClH/c1-4(2)3-5(7)6(8)11-12(9)10;/h4-6,8,12H,3,7H2,1-2H3,(H,9,10);1H. The topological polar surface area (TPSA) is 92.8 Å². The lowest BCUT2D eigenvalue weighted by molar-refractivity contribution is -0.0414. The molecule has 0 aromatic rings. The van der Waals surface area contributed by atoms with Crippen LogP contribution in [0, 0.1) is 5.92 Å². The number of aliphatic hydroxyl groups excluding tert-OH is 1. The van der Waals surface area contributed by atoms with Gasteiger partial charge in [-0.2, -0.15) is 0 Å². The van der Waals surface area contributed by atoms with E-state index in [0.29, 0.717) is 12.3 Å². The van der Waals surface area contributed by atoms with E-state index < -0.39 is 20.6 Å². The largest absolute Gasteiger partial charge is 0.366 e. The molecule has 4 N–H and O–H groups in total. The van der Waals surface area contributed by atoms with E-state index in [1.54, 1.807) is 0 Å². The third-order valence-corrected chi connectivity index (χ3v) is 1.77. The monoisotopic (exact) mass is 233 g/mol. The normalized spacial score (nSPS) is 17.7. The molecule has 0 aliphatic carbocycles. The zero-order chi connectivity index (χ0) is 9.72. The average Bonchev–Trinajstić information content (AvgIpc) is 1.84. The second kappa shape index (κ2) is 7.74. The lowest BCUT2D eigenvalue weighted by Gasteiger charge is -2.18. The summed E-state index contributed by atoms with van der Waals surface area (Å²) in [5.74, 6) is 0.319. The predicted octanol–water partition coefficient (Wildman–Crippen LogP) is 0.499. The van der Waals surface area contributed by atoms with Crippen LogP contribution in [0.25, 0.3) is 0 Å². The molecule has 0 aromatic heterocycles. The van der Waals surface area contributed by atoms with Gasteiger partial charge in [0.15, 0.2) is 6.29 Å². The molecule has 0 radical (unpaired) electrons. The van der Waals surface area contributed by atoms with E-state index in [9.17, 15) is 4.57 Å². The highest BCUT2D eigenvalue weighted by Crippen LogP contribution is 2.19. The van der Waals surface area contributed by atoms with Gasteiger partial charge in [-0.25, -0.2) is 0 Å². The van der Waals surface area contributed by atoms with Crippen molar-refractivity contribution in [3.63, 3.8) is 0 Å². The molecule has 0 bridgehead atoms. The predicted molar refractivity (Wildman–Crippen MR) is 53.0 cm³/mol. The Morgan fingerprint density at radius 2 is 2.00 bits per heavy atom. The highest BCUT2D eigenvalue weighted by molar-refractivity contribution is 7.32. The van der Waals surface area contributed by atoms with Gasteiger partial charge in [0, 0.05) is 0 Å². The minimum atomic E-state index is -3.09. The first-order valence-corrected chi connectivity index (χ1v) is 5.03. The average molecular weight is 234 g/mol. The van der Waals surface area contributed by atoms with Crippen LogP contribution in [0.1, 0.15) is 20.3 Å². The van der Waals surface area contributed by atoms with Crippen molar-refractivity contribution in [2.45, 2.75) is 32.6 Å². The van der Waals surface area contributed by atoms with Gasteiger partial charge in [0.2, 0.25) is 0 Å². The van der Waals surface area contributed by atoms with E-state index in [-0.39, 0.29) is 12.4 Å². The first-order chi connectivity index (χ1) is 5.43. The van der Waals surface area contributed by atoms with Crippen LogP contribution in [0.15, 0.2) is 0 Å². The number of hydrogen-bond donors (Lipinski definition) is 3. The summed E-state index contributed by atoms with van der Waals surface area (Å²) in [6.07, 6.45) is -0.792. The Hall–Kier alpha value is 0.360. The highest BCUT2D eigenvalue weighted by atomic mass is 35.5. The van der Waals surface area contributed by atoms with Crippen molar-refractivity contribution in [3.8, 4) is 0 Å². The Labute approximate surface area is 84.6 Å². The van der Waals surface area contributed by atoms with Crippen molar-refractivity contribution in [3.05, 3.63) is 0 Å². The molecule has 13 heavy (non-hydrogen) atoms. The third kappa shape index (κ3) is 8.68. The van der Waals surface area contributed by atoms with Gasteiger partial charge in [-0.3, -0.25) is 9.09 Å². The van der Waals surface area contributed by atoms with E-state index in [2.05, 4.69) is 4.52 Å². The fraction of sp³-hybridized carbons (Fsp3) is 1.00. The van der Waals surface area contributed by atoms with Crippen molar-refractivity contribution in [2.24, 2.45) is 11.7 Å². The van der Waals surface area contributed by atoms with E-state index in [4.69, 9.17) is 15.7 Å². The zero-order valence-electron chi connectivity index (χ0n) is 7.64. The molecule has 7 heteroatoms. The molecule has 5 nitrogen and oxygen atoms in total. The lowest BCUT2D eigenvalue weighted by Crippen LogP contribution is -2.36. The number of aliphatic hydroxyl groups is 1. The van der Waals surface area contributed by atoms with Gasteiger partial charge >= 0.3 is 8.25 Å². The molecule has 0 heterocycles. The van der Waals surface area contributed by atoms with Crippen LogP contribution in [-0.2, 0) is 9.09 Å². The maximum Gasteiger partial charge on any atom is 0.318 e. The van der Waals surface area contributed by atoms with Crippen molar-refractivity contribution < 1.29 is 19.1 Å². The van der Waals surface area contributed by atoms with Gasteiger partial charge in [0.05, 0.1) is 6.04 Å². The molecule has 0 saturated carbocycles. The molecule has 0 rings (SSSR count). The van der Waals surface area contributed by atoms with Gasteiger partial charge in [-0.05, 0) is 12.3 Å². The zero-order valence-corrected chi connectivity index (χ0v) is 9.45. The van der Waals surface area contributed by atoms with Gasteiger partial charge in [0.25, 0.3) is 0 Å². The van der Waals surface area contributed by atoms with Crippen molar-refractivity contribution in [1.82, 2.24) is 0 Å². The summed E-state index contributed by atoms with van der Waals surface area (Å²) in [4.78, 5) is 8.31. The quantitative estimate of drug-likeness (QED) is 0.475. The lowest BCUT2D eigenvalue weighted by atomic mass is 10.0. The molecule has 3 atom stereocenters. The molecular weight excluding hydrogens is 216 g/mol. The summed E-state index contributed by atoms with van der Waals surface area (Å²) in [7, 11) is -3.09. The Kier molecular flexibility index (Phi) is 9.41. The SMILES string of the molecule is CC(C)CC(N)C(O)O[PH](=O)O.Cl. The minimum absolute atomic E-state index is 0. The molecule has 82 valence electrons. The molecule has 0 spiro atoms. The van der Waals surface area contributed by atoms with Gasteiger partial charge in [0.1, 0.15) is 0 Å². The Morgan fingerprint density at radius 3 is 2.31 bits per heavy atom. The minimum Gasteiger partial charge on any atom is -0.366 e. The van der Waals surface area contributed by atoms with Crippen molar-refractivity contribution in [1.29, 1.82) is 0 Å². The summed E-state index contributed by atoms with van der Waals surface area (Å²) in [5.41, 5.74) is 5.46. The molecule has 0 aliphatic heterocycles. The van der Waals surface area contributed by atoms with E-state index in [1.165, 1.54) is 0 Å². The van der Waals surface area contributed by atoms with Crippen LogP contribution in [-0.4, -0.2) is 22.3 Å². The third-order valence-electron chi connectivity index (χ3n) is 1.33. The number of nitrogens with two attached hydrogens (primary N) is 1. The summed E-state index contributed by atoms with van der Waals surface area (Å²) >= 11 is 0. The summed E-state index contributed by atoms with van der Waals surface area (Å²) in [5, 5.41) is 9.06. The number of hydrogen-bond acceptors (Lipinski definition) is 4. The van der Waals surface area contributed by atoms with E-state index >= 15 is 0 Å². The Bertz CT molecular complexity index is 158.